The first kappa shape index (κ1) is 14.5. The maximum atomic E-state index is 13.0. The van der Waals surface area contributed by atoms with Crippen molar-refractivity contribution < 1.29 is 4.39 Å². The van der Waals surface area contributed by atoms with Crippen molar-refractivity contribution in [1.29, 1.82) is 0 Å². The van der Waals surface area contributed by atoms with Gasteiger partial charge in [0, 0.05) is 24.0 Å². The molecule has 0 radical (unpaired) electrons. The Balaban J connectivity index is 2.25. The lowest BCUT2D eigenvalue weighted by Gasteiger charge is -2.24. The first-order chi connectivity index (χ1) is 9.65. The van der Waals surface area contributed by atoms with E-state index in [4.69, 9.17) is 5.73 Å². The van der Waals surface area contributed by atoms with Gasteiger partial charge in [0.15, 0.2) is 0 Å². The molecule has 2 rings (SSSR count). The van der Waals surface area contributed by atoms with E-state index in [-0.39, 0.29) is 11.9 Å². The topological polar surface area (TPSA) is 29.3 Å². The summed E-state index contributed by atoms with van der Waals surface area (Å²) in [6, 6.07) is 14.9. The van der Waals surface area contributed by atoms with Crippen molar-refractivity contribution in [2.75, 3.05) is 11.4 Å². The van der Waals surface area contributed by atoms with Crippen LogP contribution < -0.4 is 10.6 Å². The Hall–Kier alpha value is -1.87. The summed E-state index contributed by atoms with van der Waals surface area (Å²) in [6.45, 7) is 4.98. The highest BCUT2D eigenvalue weighted by Crippen LogP contribution is 2.26. The third-order valence-electron chi connectivity index (χ3n) is 3.53. The molecule has 1 atom stereocenters. The van der Waals surface area contributed by atoms with Crippen LogP contribution in [0.2, 0.25) is 0 Å². The quantitative estimate of drug-likeness (QED) is 0.874. The summed E-state index contributed by atoms with van der Waals surface area (Å²) in [5.41, 5.74) is 9.25. The van der Waals surface area contributed by atoms with E-state index < -0.39 is 0 Å². The molecular formula is C17H21FN2. The number of rotatable bonds is 5. The van der Waals surface area contributed by atoms with Crippen LogP contribution in [0.4, 0.5) is 15.8 Å². The number of nitrogens with two attached hydrogens (primary N) is 1. The molecule has 0 aromatic heterocycles. The van der Waals surface area contributed by atoms with Crippen molar-refractivity contribution in [2.45, 2.75) is 26.3 Å². The Kier molecular flexibility index (Phi) is 4.74. The Morgan fingerprint density at radius 1 is 0.950 bits per heavy atom. The second-order valence-corrected chi connectivity index (χ2v) is 4.83. The van der Waals surface area contributed by atoms with Crippen LogP contribution >= 0.6 is 0 Å². The van der Waals surface area contributed by atoms with Gasteiger partial charge in [0.2, 0.25) is 0 Å². The summed E-state index contributed by atoms with van der Waals surface area (Å²) < 4.78 is 13.0. The first-order valence-electron chi connectivity index (χ1n) is 7.04. The molecule has 0 aliphatic carbocycles. The van der Waals surface area contributed by atoms with Gasteiger partial charge in [-0.25, -0.2) is 4.39 Å². The molecule has 2 aromatic rings. The minimum atomic E-state index is -0.214. The Bertz CT molecular complexity index is 534. The zero-order valence-corrected chi connectivity index (χ0v) is 12.0. The SMILES string of the molecule is CC[C@H](N)c1ccc(N(CC)c2ccc(F)cc2)cc1. The molecule has 3 heteroatoms. The molecule has 2 N–H and O–H groups in total. The summed E-state index contributed by atoms with van der Waals surface area (Å²) in [7, 11) is 0. The van der Waals surface area contributed by atoms with E-state index in [0.717, 1.165) is 29.9 Å². The van der Waals surface area contributed by atoms with E-state index in [1.807, 2.05) is 0 Å². The molecule has 2 aromatic carbocycles. The van der Waals surface area contributed by atoms with Gasteiger partial charge in [-0.3, -0.25) is 0 Å². The summed E-state index contributed by atoms with van der Waals surface area (Å²) in [5.74, 6) is -0.214. The highest BCUT2D eigenvalue weighted by Gasteiger charge is 2.08. The molecule has 0 amide bonds. The molecule has 0 aliphatic heterocycles. The summed E-state index contributed by atoms with van der Waals surface area (Å²) >= 11 is 0. The Morgan fingerprint density at radius 2 is 1.45 bits per heavy atom. The van der Waals surface area contributed by atoms with E-state index in [2.05, 4.69) is 43.0 Å². The molecule has 0 saturated carbocycles. The fraction of sp³-hybridized carbons (Fsp3) is 0.294. The zero-order chi connectivity index (χ0) is 14.5. The second-order valence-electron chi connectivity index (χ2n) is 4.83. The van der Waals surface area contributed by atoms with Crippen LogP contribution in [0.5, 0.6) is 0 Å². The highest BCUT2D eigenvalue weighted by molar-refractivity contribution is 5.63. The molecule has 0 unspecified atom stereocenters. The Labute approximate surface area is 120 Å². The fourth-order valence-electron chi connectivity index (χ4n) is 2.27. The zero-order valence-electron chi connectivity index (χ0n) is 12.0. The van der Waals surface area contributed by atoms with Crippen LogP contribution in [0.25, 0.3) is 0 Å². The minimum absolute atomic E-state index is 0.0879. The third-order valence-corrected chi connectivity index (χ3v) is 3.53. The van der Waals surface area contributed by atoms with Crippen molar-refractivity contribution in [2.24, 2.45) is 5.73 Å². The smallest absolute Gasteiger partial charge is 0.123 e. The predicted molar refractivity (Wildman–Crippen MR) is 82.7 cm³/mol. The number of nitrogens with zero attached hydrogens (tertiary/aromatic N) is 1. The molecule has 0 aliphatic rings. The molecule has 106 valence electrons. The van der Waals surface area contributed by atoms with Crippen LogP contribution in [-0.4, -0.2) is 6.54 Å². The number of hydrogen-bond donors (Lipinski definition) is 1. The fourth-order valence-corrected chi connectivity index (χ4v) is 2.27. The number of hydrogen-bond acceptors (Lipinski definition) is 2. The van der Waals surface area contributed by atoms with Gasteiger partial charge in [-0.15, -0.1) is 0 Å². The lowest BCUT2D eigenvalue weighted by molar-refractivity contribution is 0.628. The molecule has 0 saturated heterocycles. The number of anilines is 2. The monoisotopic (exact) mass is 272 g/mol. The highest BCUT2D eigenvalue weighted by atomic mass is 19.1. The van der Waals surface area contributed by atoms with Crippen molar-refractivity contribution in [3.63, 3.8) is 0 Å². The van der Waals surface area contributed by atoms with Gasteiger partial charge in [0.25, 0.3) is 0 Å². The van der Waals surface area contributed by atoms with Gasteiger partial charge in [-0.05, 0) is 55.3 Å². The molecule has 2 nitrogen and oxygen atoms in total. The second kappa shape index (κ2) is 6.53. The predicted octanol–water partition coefficient (Wildman–Crippen LogP) is 4.39. The van der Waals surface area contributed by atoms with E-state index in [1.54, 1.807) is 12.1 Å². The summed E-state index contributed by atoms with van der Waals surface area (Å²) in [6.07, 6.45) is 0.925. The molecule has 0 spiro atoms. The minimum Gasteiger partial charge on any atom is -0.342 e. The lowest BCUT2D eigenvalue weighted by Crippen LogP contribution is -2.16. The van der Waals surface area contributed by atoms with Crippen molar-refractivity contribution in [3.8, 4) is 0 Å². The van der Waals surface area contributed by atoms with Crippen LogP contribution in [0.3, 0.4) is 0 Å². The summed E-state index contributed by atoms with van der Waals surface area (Å²) in [5, 5.41) is 0. The van der Waals surface area contributed by atoms with Gasteiger partial charge >= 0.3 is 0 Å². The van der Waals surface area contributed by atoms with E-state index >= 15 is 0 Å². The van der Waals surface area contributed by atoms with Gasteiger partial charge in [0.1, 0.15) is 5.82 Å². The van der Waals surface area contributed by atoms with Crippen LogP contribution in [0.15, 0.2) is 48.5 Å². The lowest BCUT2D eigenvalue weighted by atomic mass is 10.0. The standard InChI is InChI=1S/C17H21FN2/c1-3-17(19)13-5-9-15(10-6-13)20(4-2)16-11-7-14(18)8-12-16/h5-12,17H,3-4,19H2,1-2H3/t17-/m0/s1. The molecular weight excluding hydrogens is 251 g/mol. The van der Waals surface area contributed by atoms with Crippen molar-refractivity contribution >= 4 is 11.4 Å². The van der Waals surface area contributed by atoms with Crippen molar-refractivity contribution in [1.82, 2.24) is 0 Å². The Morgan fingerprint density at radius 3 is 1.90 bits per heavy atom. The normalized spacial score (nSPS) is 12.2. The summed E-state index contributed by atoms with van der Waals surface area (Å²) in [4.78, 5) is 2.14. The molecule has 0 bridgehead atoms. The first-order valence-corrected chi connectivity index (χ1v) is 7.04. The van der Waals surface area contributed by atoms with E-state index in [0.29, 0.717) is 0 Å². The maximum Gasteiger partial charge on any atom is 0.123 e. The molecule has 0 fully saturated rings. The maximum absolute atomic E-state index is 13.0. The largest absolute Gasteiger partial charge is 0.342 e. The average Bonchev–Trinajstić information content (AvgIpc) is 2.50. The van der Waals surface area contributed by atoms with Gasteiger partial charge in [0.05, 0.1) is 0 Å². The number of benzene rings is 2. The molecule has 20 heavy (non-hydrogen) atoms. The van der Waals surface area contributed by atoms with E-state index in [9.17, 15) is 4.39 Å². The van der Waals surface area contributed by atoms with Crippen LogP contribution in [-0.2, 0) is 0 Å². The average molecular weight is 272 g/mol. The van der Waals surface area contributed by atoms with E-state index in [1.165, 1.54) is 12.1 Å². The molecule has 0 heterocycles. The van der Waals surface area contributed by atoms with Crippen LogP contribution in [0.1, 0.15) is 31.9 Å². The number of halogens is 1. The van der Waals surface area contributed by atoms with Gasteiger partial charge < -0.3 is 10.6 Å². The third kappa shape index (κ3) is 3.17. The van der Waals surface area contributed by atoms with Crippen molar-refractivity contribution in [3.05, 3.63) is 59.9 Å². The van der Waals surface area contributed by atoms with Gasteiger partial charge in [-0.2, -0.15) is 0 Å². The van der Waals surface area contributed by atoms with Crippen LogP contribution in [0, 0.1) is 5.82 Å². The van der Waals surface area contributed by atoms with Gasteiger partial charge in [-0.1, -0.05) is 19.1 Å².